The van der Waals surface area contributed by atoms with E-state index >= 15 is 0 Å². The Hall–Kier alpha value is -2.15. The standard InChI is InChI=1S/C14H14FN3O2S/c15-10-3-1-2-4-12(10)17-5-7-18(8-6-17)14-16-11(9-21-14)13(19)20/h1-4,9H,5-8H2,(H,19,20). The predicted molar refractivity (Wildman–Crippen MR) is 79.9 cm³/mol. The van der Waals surface area contributed by atoms with Gasteiger partial charge in [-0.05, 0) is 12.1 Å². The fourth-order valence-corrected chi connectivity index (χ4v) is 3.21. The highest BCUT2D eigenvalue weighted by molar-refractivity contribution is 7.13. The van der Waals surface area contributed by atoms with Gasteiger partial charge in [0.15, 0.2) is 10.8 Å². The third-order valence-electron chi connectivity index (χ3n) is 3.45. The summed E-state index contributed by atoms with van der Waals surface area (Å²) in [5, 5.41) is 11.1. The van der Waals surface area contributed by atoms with E-state index in [0.29, 0.717) is 37.0 Å². The normalized spacial score (nSPS) is 15.3. The molecule has 1 aliphatic heterocycles. The van der Waals surface area contributed by atoms with Gasteiger partial charge in [0.1, 0.15) is 5.82 Å². The average Bonchev–Trinajstić information content (AvgIpc) is 2.98. The molecule has 0 aliphatic carbocycles. The van der Waals surface area contributed by atoms with Crippen molar-refractivity contribution in [1.82, 2.24) is 4.98 Å². The minimum absolute atomic E-state index is 0.0755. The number of benzene rings is 1. The number of hydrogen-bond acceptors (Lipinski definition) is 5. The second-order valence-corrected chi connectivity index (χ2v) is 5.58. The van der Waals surface area contributed by atoms with Crippen molar-refractivity contribution < 1.29 is 14.3 Å². The second-order valence-electron chi connectivity index (χ2n) is 4.75. The highest BCUT2D eigenvalue weighted by Crippen LogP contribution is 2.25. The van der Waals surface area contributed by atoms with Gasteiger partial charge >= 0.3 is 5.97 Å². The number of hydrogen-bond donors (Lipinski definition) is 1. The molecule has 0 spiro atoms. The van der Waals surface area contributed by atoms with Crippen LogP contribution < -0.4 is 9.80 Å². The van der Waals surface area contributed by atoms with Gasteiger partial charge in [-0.15, -0.1) is 11.3 Å². The van der Waals surface area contributed by atoms with E-state index in [1.807, 2.05) is 15.9 Å². The van der Waals surface area contributed by atoms with E-state index < -0.39 is 5.97 Å². The van der Waals surface area contributed by atoms with Crippen LogP contribution in [-0.2, 0) is 0 Å². The molecule has 7 heteroatoms. The quantitative estimate of drug-likeness (QED) is 0.943. The van der Waals surface area contributed by atoms with Gasteiger partial charge in [-0.2, -0.15) is 0 Å². The van der Waals surface area contributed by atoms with Gasteiger partial charge in [-0.25, -0.2) is 14.2 Å². The SMILES string of the molecule is O=C(O)c1csc(N2CCN(c3ccccc3F)CC2)n1. The molecule has 2 aromatic rings. The van der Waals surface area contributed by atoms with Crippen molar-refractivity contribution in [2.24, 2.45) is 0 Å². The van der Waals surface area contributed by atoms with Crippen LogP contribution in [0.5, 0.6) is 0 Å². The van der Waals surface area contributed by atoms with Crippen molar-refractivity contribution in [3.8, 4) is 0 Å². The summed E-state index contributed by atoms with van der Waals surface area (Å²) in [5.74, 6) is -1.23. The number of piperazine rings is 1. The van der Waals surface area contributed by atoms with Crippen molar-refractivity contribution in [2.75, 3.05) is 36.0 Å². The topological polar surface area (TPSA) is 56.7 Å². The number of aromatic carboxylic acids is 1. The highest BCUT2D eigenvalue weighted by atomic mass is 32.1. The van der Waals surface area contributed by atoms with E-state index in [-0.39, 0.29) is 11.5 Å². The van der Waals surface area contributed by atoms with Crippen LogP contribution >= 0.6 is 11.3 Å². The molecule has 0 bridgehead atoms. The summed E-state index contributed by atoms with van der Waals surface area (Å²) in [6, 6.07) is 6.74. The summed E-state index contributed by atoms with van der Waals surface area (Å²) >= 11 is 1.33. The van der Waals surface area contributed by atoms with E-state index in [2.05, 4.69) is 4.98 Å². The molecule has 0 atom stereocenters. The molecular weight excluding hydrogens is 293 g/mol. The van der Waals surface area contributed by atoms with E-state index in [1.165, 1.54) is 17.4 Å². The molecule has 21 heavy (non-hydrogen) atoms. The Morgan fingerprint density at radius 2 is 1.86 bits per heavy atom. The molecule has 0 unspecified atom stereocenters. The first kappa shape index (κ1) is 13.8. The van der Waals surface area contributed by atoms with Gasteiger partial charge in [0.05, 0.1) is 5.69 Å². The Morgan fingerprint density at radius 1 is 1.19 bits per heavy atom. The summed E-state index contributed by atoms with van der Waals surface area (Å²) in [6.07, 6.45) is 0. The van der Waals surface area contributed by atoms with E-state index in [1.54, 1.807) is 17.5 Å². The van der Waals surface area contributed by atoms with Crippen molar-refractivity contribution in [3.05, 3.63) is 41.2 Å². The molecule has 1 N–H and O–H groups in total. The van der Waals surface area contributed by atoms with Crippen molar-refractivity contribution >= 4 is 28.1 Å². The predicted octanol–water partition coefficient (Wildman–Crippen LogP) is 2.31. The lowest BCUT2D eigenvalue weighted by atomic mass is 10.2. The largest absolute Gasteiger partial charge is 0.476 e. The summed E-state index contributed by atoms with van der Waals surface area (Å²) in [5.41, 5.74) is 0.689. The molecule has 2 heterocycles. The number of carboxylic acid groups (broad SMARTS) is 1. The van der Waals surface area contributed by atoms with Gasteiger partial charge in [-0.3, -0.25) is 0 Å². The summed E-state index contributed by atoms with van der Waals surface area (Å²) in [4.78, 5) is 19.0. The first-order chi connectivity index (χ1) is 10.1. The first-order valence-electron chi connectivity index (χ1n) is 6.58. The minimum atomic E-state index is -1.01. The Kier molecular flexibility index (Phi) is 3.74. The van der Waals surface area contributed by atoms with Gasteiger partial charge < -0.3 is 14.9 Å². The molecule has 1 saturated heterocycles. The van der Waals surface area contributed by atoms with Crippen LogP contribution in [0.4, 0.5) is 15.2 Å². The Morgan fingerprint density at radius 3 is 2.48 bits per heavy atom. The molecule has 1 aromatic heterocycles. The second kappa shape index (κ2) is 5.69. The van der Waals surface area contributed by atoms with Crippen molar-refractivity contribution in [3.63, 3.8) is 0 Å². The van der Waals surface area contributed by atoms with Gasteiger partial charge in [-0.1, -0.05) is 12.1 Å². The maximum absolute atomic E-state index is 13.8. The smallest absolute Gasteiger partial charge is 0.355 e. The van der Waals surface area contributed by atoms with E-state index in [4.69, 9.17) is 5.11 Å². The zero-order chi connectivity index (χ0) is 14.8. The van der Waals surface area contributed by atoms with Crippen LogP contribution in [-0.4, -0.2) is 42.2 Å². The molecule has 1 aliphatic rings. The first-order valence-corrected chi connectivity index (χ1v) is 7.46. The number of anilines is 2. The lowest BCUT2D eigenvalue weighted by Crippen LogP contribution is -2.46. The van der Waals surface area contributed by atoms with Crippen LogP contribution in [0.3, 0.4) is 0 Å². The third-order valence-corrected chi connectivity index (χ3v) is 4.36. The number of carboxylic acids is 1. The average molecular weight is 307 g/mol. The fourth-order valence-electron chi connectivity index (χ4n) is 2.35. The summed E-state index contributed by atoms with van der Waals surface area (Å²) in [6.45, 7) is 2.76. The van der Waals surface area contributed by atoms with E-state index in [0.717, 1.165) is 0 Å². The summed E-state index contributed by atoms with van der Waals surface area (Å²) < 4.78 is 13.8. The number of halogens is 1. The number of aromatic nitrogens is 1. The molecule has 110 valence electrons. The number of carbonyl (C=O) groups is 1. The minimum Gasteiger partial charge on any atom is -0.476 e. The maximum Gasteiger partial charge on any atom is 0.355 e. The third kappa shape index (κ3) is 2.82. The van der Waals surface area contributed by atoms with Crippen molar-refractivity contribution in [2.45, 2.75) is 0 Å². The maximum atomic E-state index is 13.8. The molecule has 3 rings (SSSR count). The molecular formula is C14H14FN3O2S. The van der Waals surface area contributed by atoms with Gasteiger partial charge in [0.25, 0.3) is 0 Å². The number of nitrogens with zero attached hydrogens (tertiary/aromatic N) is 3. The van der Waals surface area contributed by atoms with Crippen LogP contribution in [0.25, 0.3) is 0 Å². The number of thiazole rings is 1. The lowest BCUT2D eigenvalue weighted by Gasteiger charge is -2.36. The Labute approximate surface area is 125 Å². The van der Waals surface area contributed by atoms with E-state index in [9.17, 15) is 9.18 Å². The monoisotopic (exact) mass is 307 g/mol. The molecule has 5 nitrogen and oxygen atoms in total. The fraction of sp³-hybridized carbons (Fsp3) is 0.286. The van der Waals surface area contributed by atoms with Gasteiger partial charge in [0, 0.05) is 31.6 Å². The van der Waals surface area contributed by atoms with Crippen molar-refractivity contribution in [1.29, 1.82) is 0 Å². The van der Waals surface area contributed by atoms with Crippen LogP contribution in [0.2, 0.25) is 0 Å². The lowest BCUT2D eigenvalue weighted by molar-refractivity contribution is 0.0691. The number of rotatable bonds is 3. The Balaban J connectivity index is 1.67. The summed E-state index contributed by atoms with van der Waals surface area (Å²) in [7, 11) is 0. The highest BCUT2D eigenvalue weighted by Gasteiger charge is 2.22. The zero-order valence-corrected chi connectivity index (χ0v) is 12.0. The number of para-hydroxylation sites is 1. The Bertz CT molecular complexity index is 653. The molecule has 0 amide bonds. The molecule has 0 radical (unpaired) electrons. The zero-order valence-electron chi connectivity index (χ0n) is 11.2. The van der Waals surface area contributed by atoms with Crippen LogP contribution in [0, 0.1) is 5.82 Å². The van der Waals surface area contributed by atoms with Crippen LogP contribution in [0.15, 0.2) is 29.6 Å². The van der Waals surface area contributed by atoms with Gasteiger partial charge in [0.2, 0.25) is 0 Å². The van der Waals surface area contributed by atoms with Crippen LogP contribution in [0.1, 0.15) is 10.5 Å². The molecule has 0 saturated carbocycles. The molecule has 1 aromatic carbocycles. The molecule has 1 fully saturated rings.